The zero-order valence-corrected chi connectivity index (χ0v) is 16.9. The number of rotatable bonds is 8. The van der Waals surface area contributed by atoms with Gasteiger partial charge in [0.1, 0.15) is 5.58 Å². The van der Waals surface area contributed by atoms with Gasteiger partial charge in [0, 0.05) is 36.3 Å². The molecule has 30 heavy (non-hydrogen) atoms. The predicted molar refractivity (Wildman–Crippen MR) is 107 cm³/mol. The van der Waals surface area contributed by atoms with Crippen LogP contribution in [0.3, 0.4) is 0 Å². The Morgan fingerprint density at radius 2 is 1.93 bits per heavy atom. The van der Waals surface area contributed by atoms with Gasteiger partial charge in [-0.3, -0.25) is 24.0 Å². The van der Waals surface area contributed by atoms with Crippen molar-refractivity contribution in [2.45, 2.75) is 39.2 Å². The lowest BCUT2D eigenvalue weighted by molar-refractivity contribution is -0.143. The quantitative estimate of drug-likeness (QED) is 0.631. The van der Waals surface area contributed by atoms with Crippen LogP contribution in [-0.4, -0.2) is 41.8 Å². The van der Waals surface area contributed by atoms with Gasteiger partial charge in [0.2, 0.25) is 11.6 Å². The van der Waals surface area contributed by atoms with E-state index in [1.807, 2.05) is 12.1 Å². The van der Waals surface area contributed by atoms with Gasteiger partial charge in [-0.2, -0.15) is 0 Å². The van der Waals surface area contributed by atoms with E-state index < -0.39 is 35.3 Å². The summed E-state index contributed by atoms with van der Waals surface area (Å²) in [5.41, 5.74) is 1.22. The van der Waals surface area contributed by atoms with E-state index in [0.717, 1.165) is 5.39 Å². The lowest BCUT2D eigenvalue weighted by Crippen LogP contribution is -2.49. The summed E-state index contributed by atoms with van der Waals surface area (Å²) in [5, 5.41) is 5.71. The first-order valence-electron chi connectivity index (χ1n) is 9.91. The number of benzene rings is 1. The van der Waals surface area contributed by atoms with Gasteiger partial charge in [0.25, 0.3) is 11.8 Å². The van der Waals surface area contributed by atoms with Crippen molar-refractivity contribution in [1.29, 1.82) is 0 Å². The number of hydrogen-bond donors (Lipinski definition) is 2. The SMILES string of the molecule is CC(C)C(NC(=O)C(=O)Cc1coc2ccccc12)C(=O)CC1CCNC(=O)C1=O. The topological polar surface area (TPSA) is 123 Å². The molecular formula is C22H24N2O6. The molecule has 8 heteroatoms. The molecule has 0 radical (unpaired) electrons. The summed E-state index contributed by atoms with van der Waals surface area (Å²) in [5.74, 6) is -4.20. The summed E-state index contributed by atoms with van der Waals surface area (Å²) in [6.07, 6.45) is 1.53. The normalized spacial score (nSPS) is 17.6. The Morgan fingerprint density at radius 1 is 1.20 bits per heavy atom. The van der Waals surface area contributed by atoms with Crippen LogP contribution in [0.1, 0.15) is 32.3 Å². The van der Waals surface area contributed by atoms with E-state index in [2.05, 4.69) is 10.6 Å². The number of furan rings is 1. The molecule has 1 saturated heterocycles. The molecule has 2 aromatic rings. The lowest BCUT2D eigenvalue weighted by atomic mass is 9.86. The van der Waals surface area contributed by atoms with Gasteiger partial charge in [-0.1, -0.05) is 32.0 Å². The average molecular weight is 412 g/mol. The van der Waals surface area contributed by atoms with Crippen LogP contribution in [0, 0.1) is 11.8 Å². The van der Waals surface area contributed by atoms with E-state index in [1.165, 1.54) is 6.26 Å². The first-order valence-corrected chi connectivity index (χ1v) is 9.91. The zero-order valence-electron chi connectivity index (χ0n) is 16.9. The van der Waals surface area contributed by atoms with Crippen LogP contribution in [-0.2, 0) is 30.4 Å². The second-order valence-corrected chi connectivity index (χ2v) is 7.83. The summed E-state index contributed by atoms with van der Waals surface area (Å²) in [6, 6.07) is 6.27. The molecule has 2 heterocycles. The molecule has 0 aliphatic carbocycles. The van der Waals surface area contributed by atoms with Crippen molar-refractivity contribution in [2.75, 3.05) is 6.54 Å². The fourth-order valence-electron chi connectivity index (χ4n) is 3.59. The Kier molecular flexibility index (Phi) is 6.44. The number of piperidine rings is 1. The lowest BCUT2D eigenvalue weighted by Gasteiger charge is -2.25. The van der Waals surface area contributed by atoms with Crippen LogP contribution in [0.4, 0.5) is 0 Å². The van der Waals surface area contributed by atoms with Gasteiger partial charge < -0.3 is 15.1 Å². The van der Waals surface area contributed by atoms with Crippen LogP contribution in [0.2, 0.25) is 0 Å². The number of carbonyl (C=O) groups excluding carboxylic acids is 5. The molecule has 2 unspecified atom stereocenters. The van der Waals surface area contributed by atoms with Gasteiger partial charge in [-0.05, 0) is 18.4 Å². The van der Waals surface area contributed by atoms with Crippen LogP contribution < -0.4 is 10.6 Å². The van der Waals surface area contributed by atoms with Crippen molar-refractivity contribution in [1.82, 2.24) is 10.6 Å². The van der Waals surface area contributed by atoms with E-state index in [1.54, 1.807) is 26.0 Å². The van der Waals surface area contributed by atoms with Crippen molar-refractivity contribution in [3.8, 4) is 0 Å². The number of para-hydroxylation sites is 1. The van der Waals surface area contributed by atoms with Gasteiger partial charge in [-0.15, -0.1) is 0 Å². The van der Waals surface area contributed by atoms with Crippen molar-refractivity contribution in [3.63, 3.8) is 0 Å². The fourth-order valence-corrected chi connectivity index (χ4v) is 3.59. The third kappa shape index (κ3) is 4.64. The highest BCUT2D eigenvalue weighted by Crippen LogP contribution is 2.21. The zero-order chi connectivity index (χ0) is 21.8. The summed E-state index contributed by atoms with van der Waals surface area (Å²) >= 11 is 0. The largest absolute Gasteiger partial charge is 0.464 e. The van der Waals surface area contributed by atoms with E-state index >= 15 is 0 Å². The first kappa shape index (κ1) is 21.4. The summed E-state index contributed by atoms with van der Waals surface area (Å²) in [4.78, 5) is 61.1. The van der Waals surface area contributed by atoms with Crippen LogP contribution >= 0.6 is 0 Å². The third-order valence-electron chi connectivity index (χ3n) is 5.29. The highest BCUT2D eigenvalue weighted by Gasteiger charge is 2.34. The molecule has 2 N–H and O–H groups in total. The highest BCUT2D eigenvalue weighted by molar-refractivity contribution is 6.38. The molecule has 2 amide bonds. The molecule has 1 aliphatic rings. The highest BCUT2D eigenvalue weighted by atomic mass is 16.3. The molecule has 0 spiro atoms. The number of carbonyl (C=O) groups is 5. The van der Waals surface area contributed by atoms with Crippen LogP contribution in [0.5, 0.6) is 0 Å². The Morgan fingerprint density at radius 3 is 2.67 bits per heavy atom. The van der Waals surface area contributed by atoms with Crippen molar-refractivity contribution in [2.24, 2.45) is 11.8 Å². The second-order valence-electron chi connectivity index (χ2n) is 7.83. The van der Waals surface area contributed by atoms with Crippen molar-refractivity contribution < 1.29 is 28.4 Å². The van der Waals surface area contributed by atoms with Crippen molar-refractivity contribution in [3.05, 3.63) is 36.1 Å². The molecular weight excluding hydrogens is 388 g/mol. The van der Waals surface area contributed by atoms with Gasteiger partial charge in [-0.25, -0.2) is 0 Å². The summed E-state index contributed by atoms with van der Waals surface area (Å²) < 4.78 is 5.39. The third-order valence-corrected chi connectivity index (χ3v) is 5.29. The minimum atomic E-state index is -0.916. The maximum Gasteiger partial charge on any atom is 0.288 e. The standard InChI is InChI=1S/C22H24N2O6/c1-12(2)19(16(25)9-13-7-8-23-22(29)20(13)27)24-21(28)17(26)10-14-11-30-18-6-4-3-5-15(14)18/h3-6,11-13,19H,7-10H2,1-2H3,(H,23,29)(H,24,28). The van der Waals surface area contributed by atoms with Crippen molar-refractivity contribution >= 4 is 40.1 Å². The maximum atomic E-state index is 12.7. The minimum absolute atomic E-state index is 0.143. The molecule has 2 atom stereocenters. The molecule has 8 nitrogen and oxygen atoms in total. The molecule has 1 aromatic carbocycles. The van der Waals surface area contributed by atoms with Gasteiger partial charge in [0.05, 0.1) is 12.3 Å². The molecule has 158 valence electrons. The van der Waals surface area contributed by atoms with E-state index in [4.69, 9.17) is 4.42 Å². The molecule has 0 saturated carbocycles. The Hall–Kier alpha value is -3.29. The van der Waals surface area contributed by atoms with Crippen LogP contribution in [0.25, 0.3) is 11.0 Å². The average Bonchev–Trinajstić information content (AvgIpc) is 3.12. The fraction of sp³-hybridized carbons (Fsp3) is 0.409. The van der Waals surface area contributed by atoms with Crippen LogP contribution in [0.15, 0.2) is 34.9 Å². The molecule has 1 aliphatic heterocycles. The summed E-state index contributed by atoms with van der Waals surface area (Å²) in [7, 11) is 0. The predicted octanol–water partition coefficient (Wildman–Crippen LogP) is 1.35. The smallest absolute Gasteiger partial charge is 0.288 e. The Bertz CT molecular complexity index is 1010. The van der Waals surface area contributed by atoms with Gasteiger partial charge >= 0.3 is 0 Å². The number of fused-ring (bicyclic) bond motifs is 1. The Balaban J connectivity index is 1.64. The van der Waals surface area contributed by atoms with Gasteiger partial charge in [0.15, 0.2) is 5.78 Å². The summed E-state index contributed by atoms with van der Waals surface area (Å²) in [6.45, 7) is 3.82. The molecule has 3 rings (SSSR count). The van der Waals surface area contributed by atoms with E-state index in [9.17, 15) is 24.0 Å². The number of ketones is 3. The first-order chi connectivity index (χ1) is 14.3. The molecule has 1 aromatic heterocycles. The number of hydrogen-bond acceptors (Lipinski definition) is 6. The number of Topliss-reactive ketones (excluding diaryl/α,β-unsaturated/α-hetero) is 3. The second kappa shape index (κ2) is 9.02. The van der Waals surface area contributed by atoms with E-state index in [0.29, 0.717) is 24.1 Å². The number of amides is 2. The Labute approximate surface area is 173 Å². The maximum absolute atomic E-state index is 12.7. The minimum Gasteiger partial charge on any atom is -0.464 e. The number of nitrogens with one attached hydrogen (secondary N) is 2. The monoisotopic (exact) mass is 412 g/mol. The molecule has 0 bridgehead atoms. The van der Waals surface area contributed by atoms with E-state index in [-0.39, 0.29) is 24.5 Å². The molecule has 1 fully saturated rings.